The van der Waals surface area contributed by atoms with E-state index in [1.807, 2.05) is 30.3 Å². The Balaban J connectivity index is 1.26. The first-order chi connectivity index (χ1) is 17.6. The van der Waals surface area contributed by atoms with Gasteiger partial charge in [0.25, 0.3) is 0 Å². The number of alkyl halides is 1. The van der Waals surface area contributed by atoms with E-state index in [-0.39, 0.29) is 12.1 Å². The third-order valence-corrected chi connectivity index (χ3v) is 13.1. The van der Waals surface area contributed by atoms with Gasteiger partial charge in [-0.2, -0.15) is 0 Å². The van der Waals surface area contributed by atoms with E-state index in [4.69, 9.17) is 4.74 Å². The predicted molar refractivity (Wildman–Crippen MR) is 157 cm³/mol. The highest BCUT2D eigenvalue weighted by Gasteiger charge is 2.62. The topological polar surface area (TPSA) is 26.3 Å². The quantitative estimate of drug-likeness (QED) is 0.241. The first kappa shape index (κ1) is 27.7. The summed E-state index contributed by atoms with van der Waals surface area (Å²) in [6, 6.07) is 9.53. The first-order valence-corrected chi connectivity index (χ1v) is 16.4. The molecule has 0 bridgehead atoms. The van der Waals surface area contributed by atoms with Crippen molar-refractivity contribution in [1.29, 1.82) is 0 Å². The van der Waals surface area contributed by atoms with Gasteiger partial charge in [0.2, 0.25) is 0 Å². The lowest BCUT2D eigenvalue weighted by Gasteiger charge is -2.62. The molecule has 5 rings (SSSR count). The van der Waals surface area contributed by atoms with Crippen molar-refractivity contribution in [2.45, 2.75) is 116 Å². The van der Waals surface area contributed by atoms with Crippen molar-refractivity contribution in [2.75, 3.05) is 0 Å². The average Bonchev–Trinajstić information content (AvgIpc) is 3.22. The summed E-state index contributed by atoms with van der Waals surface area (Å²) in [5.74, 6) is 5.61. The molecule has 0 heterocycles. The van der Waals surface area contributed by atoms with Crippen LogP contribution >= 0.6 is 15.9 Å². The molecule has 0 radical (unpaired) electrons. The summed E-state index contributed by atoms with van der Waals surface area (Å²) < 4.78 is 6.06. The molecule has 1 aromatic rings. The molecule has 0 amide bonds. The number of benzene rings is 1. The van der Waals surface area contributed by atoms with Crippen LogP contribution in [-0.2, 0) is 4.74 Å². The second kappa shape index (κ2) is 11.0. The summed E-state index contributed by atoms with van der Waals surface area (Å²) in [6.07, 6.45) is 14.5. The number of esters is 1. The molecule has 4 saturated carbocycles. The monoisotopic (exact) mass is 570 g/mol. The highest BCUT2D eigenvalue weighted by Crippen LogP contribution is 2.69. The number of fused-ring (bicyclic) bond motifs is 5. The van der Waals surface area contributed by atoms with Gasteiger partial charge in [0, 0.05) is 4.83 Å². The zero-order chi connectivity index (χ0) is 26.4. The van der Waals surface area contributed by atoms with Gasteiger partial charge in [0.1, 0.15) is 6.10 Å². The van der Waals surface area contributed by atoms with Crippen molar-refractivity contribution in [1.82, 2.24) is 0 Å². The second-order valence-electron chi connectivity index (χ2n) is 14.4. The maximum Gasteiger partial charge on any atom is 0.338 e. The number of carbonyl (C=O) groups is 1. The van der Waals surface area contributed by atoms with Crippen LogP contribution in [0.5, 0.6) is 0 Å². The molecule has 1 aromatic carbocycles. The standard InChI is InChI=1S/C34H51BrO2/c1-22(2)10-9-11-23(3)27-14-15-28-31-29(17-19-34(27,28)5)33(4)18-16-26(20-25(33)21-30(31)35)37-32(36)24-12-7-6-8-13-24/h6-8,12-13,22-23,25-31H,9-11,14-21H2,1-5H3. The third kappa shape index (κ3) is 5.21. The van der Waals surface area contributed by atoms with Gasteiger partial charge >= 0.3 is 5.97 Å². The largest absolute Gasteiger partial charge is 0.459 e. The number of carbonyl (C=O) groups excluding carboxylic acids is 1. The summed E-state index contributed by atoms with van der Waals surface area (Å²) in [5.41, 5.74) is 1.60. The highest BCUT2D eigenvalue weighted by atomic mass is 79.9. The van der Waals surface area contributed by atoms with Crippen molar-refractivity contribution >= 4 is 21.9 Å². The van der Waals surface area contributed by atoms with Gasteiger partial charge in [0.05, 0.1) is 5.56 Å². The van der Waals surface area contributed by atoms with Crippen molar-refractivity contribution in [2.24, 2.45) is 52.3 Å². The van der Waals surface area contributed by atoms with Crippen molar-refractivity contribution in [3.05, 3.63) is 35.9 Å². The molecule has 4 aliphatic carbocycles. The number of halogens is 1. The molecule has 0 N–H and O–H groups in total. The zero-order valence-corrected chi connectivity index (χ0v) is 25.6. The van der Waals surface area contributed by atoms with Crippen LogP contribution in [-0.4, -0.2) is 16.9 Å². The van der Waals surface area contributed by atoms with E-state index in [1.165, 1.54) is 57.8 Å². The fraction of sp³-hybridized carbons (Fsp3) is 0.794. The molecule has 10 unspecified atom stereocenters. The molecule has 2 nitrogen and oxygen atoms in total. The Morgan fingerprint density at radius 3 is 2.38 bits per heavy atom. The molecule has 0 aliphatic heterocycles. The summed E-state index contributed by atoms with van der Waals surface area (Å²) in [5, 5.41) is 0. The van der Waals surface area contributed by atoms with Gasteiger partial charge in [-0.15, -0.1) is 0 Å². The lowest BCUT2D eigenvalue weighted by atomic mass is 9.44. The van der Waals surface area contributed by atoms with Gasteiger partial charge in [-0.3, -0.25) is 0 Å². The maximum atomic E-state index is 12.8. The molecule has 4 fully saturated rings. The fourth-order valence-electron chi connectivity index (χ4n) is 10.1. The van der Waals surface area contributed by atoms with Crippen LogP contribution in [0.15, 0.2) is 30.3 Å². The maximum absolute atomic E-state index is 12.8. The summed E-state index contributed by atoms with van der Waals surface area (Å²) in [7, 11) is 0. The predicted octanol–water partition coefficient (Wildman–Crippen LogP) is 9.71. The van der Waals surface area contributed by atoms with Crippen LogP contribution in [0.4, 0.5) is 0 Å². The summed E-state index contributed by atoms with van der Waals surface area (Å²) in [4.78, 5) is 13.4. The summed E-state index contributed by atoms with van der Waals surface area (Å²) in [6.45, 7) is 12.6. The molecular weight excluding hydrogens is 520 g/mol. The van der Waals surface area contributed by atoms with Gasteiger partial charge in [0.15, 0.2) is 0 Å². The SMILES string of the molecule is CC(C)CCCC(C)C1CCC2C3C(Br)CC4CC(OC(=O)c5ccccc5)CCC4(C)C3CCC12C. The van der Waals surface area contributed by atoms with Gasteiger partial charge in [-0.05, 0) is 116 Å². The minimum atomic E-state index is -0.147. The van der Waals surface area contributed by atoms with Gasteiger partial charge in [-0.1, -0.05) is 88.0 Å². The normalized spacial score (nSPS) is 42.0. The van der Waals surface area contributed by atoms with Crippen molar-refractivity contribution < 1.29 is 9.53 Å². The molecule has 0 aromatic heterocycles. The van der Waals surface area contributed by atoms with E-state index in [0.29, 0.717) is 27.1 Å². The Hall–Kier alpha value is -0.830. The van der Waals surface area contributed by atoms with E-state index in [0.717, 1.165) is 48.3 Å². The third-order valence-electron chi connectivity index (χ3n) is 12.1. The van der Waals surface area contributed by atoms with Crippen LogP contribution in [0.3, 0.4) is 0 Å². The number of hydrogen-bond acceptors (Lipinski definition) is 2. The van der Waals surface area contributed by atoms with E-state index < -0.39 is 0 Å². The fourth-order valence-corrected chi connectivity index (χ4v) is 11.2. The molecule has 0 spiro atoms. The van der Waals surface area contributed by atoms with Crippen LogP contribution < -0.4 is 0 Å². The minimum absolute atomic E-state index is 0.0680. The van der Waals surface area contributed by atoms with Crippen molar-refractivity contribution in [3.63, 3.8) is 0 Å². The van der Waals surface area contributed by atoms with E-state index in [2.05, 4.69) is 50.5 Å². The molecule has 206 valence electrons. The Morgan fingerprint density at radius 2 is 1.65 bits per heavy atom. The first-order valence-electron chi connectivity index (χ1n) is 15.5. The average molecular weight is 572 g/mol. The highest BCUT2D eigenvalue weighted by molar-refractivity contribution is 9.09. The smallest absolute Gasteiger partial charge is 0.338 e. The lowest BCUT2D eigenvalue weighted by Crippen LogP contribution is -2.57. The Morgan fingerprint density at radius 1 is 0.946 bits per heavy atom. The Kier molecular flexibility index (Phi) is 8.22. The van der Waals surface area contributed by atoms with Crippen LogP contribution in [0, 0.1) is 52.3 Å². The molecule has 37 heavy (non-hydrogen) atoms. The second-order valence-corrected chi connectivity index (χ2v) is 15.6. The molecule has 3 heteroatoms. The van der Waals surface area contributed by atoms with E-state index in [9.17, 15) is 4.79 Å². The lowest BCUT2D eigenvalue weighted by molar-refractivity contribution is -0.126. The van der Waals surface area contributed by atoms with Crippen LogP contribution in [0.2, 0.25) is 0 Å². The molecule has 0 saturated heterocycles. The van der Waals surface area contributed by atoms with E-state index >= 15 is 0 Å². The molecular formula is C34H51BrO2. The Bertz CT molecular complexity index is 929. The molecule has 10 atom stereocenters. The van der Waals surface area contributed by atoms with Gasteiger partial charge in [-0.25, -0.2) is 4.79 Å². The summed E-state index contributed by atoms with van der Waals surface area (Å²) >= 11 is 4.29. The van der Waals surface area contributed by atoms with Crippen molar-refractivity contribution in [3.8, 4) is 0 Å². The Labute approximate surface area is 235 Å². The van der Waals surface area contributed by atoms with Crippen LogP contribution in [0.25, 0.3) is 0 Å². The van der Waals surface area contributed by atoms with E-state index in [1.54, 1.807) is 0 Å². The van der Waals surface area contributed by atoms with Crippen LogP contribution in [0.1, 0.15) is 116 Å². The molecule has 4 aliphatic rings. The number of ether oxygens (including phenoxy) is 1. The zero-order valence-electron chi connectivity index (χ0n) is 24.1. The number of rotatable bonds is 7. The minimum Gasteiger partial charge on any atom is -0.459 e. The van der Waals surface area contributed by atoms with Gasteiger partial charge < -0.3 is 4.74 Å². The number of hydrogen-bond donors (Lipinski definition) is 0.